The molecule has 1 heterocycles. The number of carboxylic acid groups (broad SMARTS) is 1. The van der Waals surface area contributed by atoms with Crippen LogP contribution in [-0.2, 0) is 7.05 Å². The maximum atomic E-state index is 11.6. The Balaban J connectivity index is 2.73. The molecule has 0 aliphatic heterocycles. The lowest BCUT2D eigenvalue weighted by Crippen LogP contribution is -2.45. The van der Waals surface area contributed by atoms with Gasteiger partial charge in [0.15, 0.2) is 5.58 Å². The number of anilines is 1. The molecule has 1 N–H and O–H groups in total. The zero-order chi connectivity index (χ0) is 15.2. The van der Waals surface area contributed by atoms with Crippen molar-refractivity contribution in [3.05, 3.63) is 28.2 Å². The van der Waals surface area contributed by atoms with Crippen molar-refractivity contribution in [1.82, 2.24) is 4.57 Å². The van der Waals surface area contributed by atoms with Gasteiger partial charge in [0, 0.05) is 18.7 Å². The number of nitrogens with zero attached hydrogens (tertiary/aromatic N) is 2. The highest BCUT2D eigenvalue weighted by atomic mass is 16.4. The molecule has 6 heteroatoms. The lowest BCUT2D eigenvalue weighted by atomic mass is 10.0. The fourth-order valence-electron chi connectivity index (χ4n) is 2.40. The van der Waals surface area contributed by atoms with E-state index in [-0.39, 0.29) is 0 Å². The van der Waals surface area contributed by atoms with Gasteiger partial charge >= 0.3 is 11.8 Å². The first-order valence-corrected chi connectivity index (χ1v) is 6.26. The Kier molecular flexibility index (Phi) is 3.12. The second kappa shape index (κ2) is 4.40. The van der Waals surface area contributed by atoms with Gasteiger partial charge in [-0.15, -0.1) is 0 Å². The summed E-state index contributed by atoms with van der Waals surface area (Å²) in [5.41, 5.74) is 1.76. The second-order valence-corrected chi connectivity index (χ2v) is 5.83. The van der Waals surface area contributed by atoms with Crippen molar-refractivity contribution in [1.29, 1.82) is 0 Å². The van der Waals surface area contributed by atoms with E-state index in [1.165, 1.54) is 9.47 Å². The molecule has 2 rings (SSSR count). The van der Waals surface area contributed by atoms with Gasteiger partial charge in [-0.2, -0.15) is 0 Å². The lowest BCUT2D eigenvalue weighted by molar-refractivity contribution is 0.195. The van der Waals surface area contributed by atoms with E-state index < -0.39 is 17.4 Å². The highest BCUT2D eigenvalue weighted by molar-refractivity contribution is 5.91. The molecule has 108 valence electrons. The fourth-order valence-corrected chi connectivity index (χ4v) is 2.40. The van der Waals surface area contributed by atoms with E-state index >= 15 is 0 Å². The number of rotatable bonds is 1. The molecule has 0 saturated carbocycles. The molecule has 0 aliphatic carbocycles. The van der Waals surface area contributed by atoms with Gasteiger partial charge in [-0.3, -0.25) is 9.47 Å². The Labute approximate surface area is 116 Å². The van der Waals surface area contributed by atoms with Crippen LogP contribution >= 0.6 is 0 Å². The van der Waals surface area contributed by atoms with Crippen LogP contribution in [0.15, 0.2) is 21.3 Å². The molecule has 1 aromatic carbocycles. The van der Waals surface area contributed by atoms with Crippen LogP contribution in [0.1, 0.15) is 26.3 Å². The summed E-state index contributed by atoms with van der Waals surface area (Å²) in [5, 5.41) is 9.41. The molecule has 0 fully saturated rings. The molecule has 0 atom stereocenters. The summed E-state index contributed by atoms with van der Waals surface area (Å²) >= 11 is 0. The summed E-state index contributed by atoms with van der Waals surface area (Å²) < 4.78 is 6.56. The number of aryl methyl sites for hydroxylation is 2. The molecule has 0 bridgehead atoms. The predicted octanol–water partition coefficient (Wildman–Crippen LogP) is 2.72. The number of amides is 1. The van der Waals surface area contributed by atoms with Crippen LogP contribution in [0.5, 0.6) is 0 Å². The maximum Gasteiger partial charge on any atom is 0.419 e. The van der Waals surface area contributed by atoms with Gasteiger partial charge in [-0.05, 0) is 39.3 Å². The molecular formula is C14H18N2O4. The molecule has 0 aliphatic rings. The average Bonchev–Trinajstić information content (AvgIpc) is 2.51. The third-order valence-corrected chi connectivity index (χ3v) is 3.18. The highest BCUT2D eigenvalue weighted by Gasteiger charge is 2.28. The Bertz CT molecular complexity index is 734. The topological polar surface area (TPSA) is 75.7 Å². The van der Waals surface area contributed by atoms with Gasteiger partial charge < -0.3 is 9.52 Å². The van der Waals surface area contributed by atoms with E-state index in [9.17, 15) is 14.7 Å². The summed E-state index contributed by atoms with van der Waals surface area (Å²) in [5.74, 6) is -0.460. The standard InChI is InChI=1S/C14H18N2O4/c1-8-6-9(16(12(17)18)14(2,3)4)7-10-11(8)15(5)13(19)20-10/h6-7H,1-5H3,(H,17,18). The highest BCUT2D eigenvalue weighted by Crippen LogP contribution is 2.29. The summed E-state index contributed by atoms with van der Waals surface area (Å²) in [7, 11) is 1.62. The largest absolute Gasteiger partial charge is 0.465 e. The van der Waals surface area contributed by atoms with Crippen LogP contribution in [0.25, 0.3) is 11.1 Å². The number of hydrogen-bond acceptors (Lipinski definition) is 3. The van der Waals surface area contributed by atoms with Crippen molar-refractivity contribution in [2.45, 2.75) is 33.2 Å². The SMILES string of the molecule is Cc1cc(N(C(=O)O)C(C)(C)C)cc2oc(=O)n(C)c12. The number of fused-ring (bicyclic) bond motifs is 1. The molecule has 0 saturated heterocycles. The minimum Gasteiger partial charge on any atom is -0.465 e. The Morgan fingerprint density at radius 2 is 1.95 bits per heavy atom. The number of oxazole rings is 1. The zero-order valence-electron chi connectivity index (χ0n) is 12.2. The van der Waals surface area contributed by atoms with Crippen molar-refractivity contribution >= 4 is 22.9 Å². The van der Waals surface area contributed by atoms with E-state index in [1.807, 2.05) is 27.7 Å². The van der Waals surface area contributed by atoms with E-state index in [0.29, 0.717) is 16.8 Å². The first-order valence-electron chi connectivity index (χ1n) is 6.26. The molecule has 1 aromatic heterocycles. The van der Waals surface area contributed by atoms with E-state index in [0.717, 1.165) is 5.56 Å². The first kappa shape index (κ1) is 14.2. The van der Waals surface area contributed by atoms with E-state index in [1.54, 1.807) is 19.2 Å². The quantitative estimate of drug-likeness (QED) is 0.870. The van der Waals surface area contributed by atoms with Crippen LogP contribution in [0.3, 0.4) is 0 Å². The van der Waals surface area contributed by atoms with Gasteiger partial charge in [-0.1, -0.05) is 0 Å². The van der Waals surface area contributed by atoms with Gasteiger partial charge in [0.05, 0.1) is 11.2 Å². The molecule has 0 spiro atoms. The Hall–Kier alpha value is -2.24. The number of hydrogen-bond donors (Lipinski definition) is 1. The van der Waals surface area contributed by atoms with Crippen molar-refractivity contribution in [3.63, 3.8) is 0 Å². The van der Waals surface area contributed by atoms with Gasteiger partial charge in [-0.25, -0.2) is 9.59 Å². The smallest absolute Gasteiger partial charge is 0.419 e. The molecule has 0 unspecified atom stereocenters. The summed E-state index contributed by atoms with van der Waals surface area (Å²) in [6, 6.07) is 3.33. The molecule has 1 amide bonds. The van der Waals surface area contributed by atoms with Crippen LogP contribution in [-0.4, -0.2) is 21.3 Å². The number of benzene rings is 1. The second-order valence-electron chi connectivity index (χ2n) is 5.83. The Morgan fingerprint density at radius 3 is 2.45 bits per heavy atom. The summed E-state index contributed by atoms with van der Waals surface area (Å²) in [4.78, 5) is 24.3. The van der Waals surface area contributed by atoms with Crippen molar-refractivity contribution in [2.24, 2.45) is 7.05 Å². The summed E-state index contributed by atoms with van der Waals surface area (Å²) in [6.45, 7) is 7.24. The third kappa shape index (κ3) is 2.17. The Morgan fingerprint density at radius 1 is 1.35 bits per heavy atom. The number of aromatic nitrogens is 1. The summed E-state index contributed by atoms with van der Waals surface area (Å²) in [6.07, 6.45) is -1.05. The van der Waals surface area contributed by atoms with Crippen LogP contribution in [0.2, 0.25) is 0 Å². The van der Waals surface area contributed by atoms with Gasteiger partial charge in [0.25, 0.3) is 0 Å². The predicted molar refractivity (Wildman–Crippen MR) is 76.4 cm³/mol. The number of carbonyl (C=O) groups is 1. The maximum absolute atomic E-state index is 11.6. The monoisotopic (exact) mass is 278 g/mol. The van der Waals surface area contributed by atoms with Crippen molar-refractivity contribution in [3.8, 4) is 0 Å². The molecular weight excluding hydrogens is 260 g/mol. The molecule has 0 radical (unpaired) electrons. The van der Waals surface area contributed by atoms with E-state index in [4.69, 9.17) is 4.42 Å². The minimum atomic E-state index is -1.05. The fraction of sp³-hybridized carbons (Fsp3) is 0.429. The third-order valence-electron chi connectivity index (χ3n) is 3.18. The molecule has 6 nitrogen and oxygen atoms in total. The van der Waals surface area contributed by atoms with E-state index in [2.05, 4.69) is 0 Å². The lowest BCUT2D eigenvalue weighted by Gasteiger charge is -2.33. The van der Waals surface area contributed by atoms with Gasteiger partial charge in [0.2, 0.25) is 0 Å². The van der Waals surface area contributed by atoms with Crippen LogP contribution in [0.4, 0.5) is 10.5 Å². The minimum absolute atomic E-state index is 0.392. The normalized spacial score (nSPS) is 11.8. The van der Waals surface area contributed by atoms with Crippen molar-refractivity contribution < 1.29 is 14.3 Å². The first-order chi connectivity index (χ1) is 9.12. The molecule has 20 heavy (non-hydrogen) atoms. The van der Waals surface area contributed by atoms with Gasteiger partial charge in [0.1, 0.15) is 0 Å². The average molecular weight is 278 g/mol. The zero-order valence-corrected chi connectivity index (χ0v) is 12.2. The van der Waals surface area contributed by atoms with Crippen LogP contribution < -0.4 is 10.7 Å². The van der Waals surface area contributed by atoms with Crippen LogP contribution in [0, 0.1) is 6.92 Å². The molecule has 2 aromatic rings. The van der Waals surface area contributed by atoms with Crippen molar-refractivity contribution in [2.75, 3.05) is 4.90 Å².